The van der Waals surface area contributed by atoms with Crippen molar-refractivity contribution in [2.24, 2.45) is 11.8 Å². The highest BCUT2D eigenvalue weighted by Gasteiger charge is 2.31. The molecule has 4 nitrogen and oxygen atoms in total. The van der Waals surface area contributed by atoms with Gasteiger partial charge in [-0.2, -0.15) is 0 Å². The van der Waals surface area contributed by atoms with Crippen LogP contribution in [-0.4, -0.2) is 44.4 Å². The maximum atomic E-state index is 6.10. The van der Waals surface area contributed by atoms with Crippen LogP contribution in [0.15, 0.2) is 24.3 Å². The number of rotatable bonds is 10. The third-order valence-corrected chi connectivity index (χ3v) is 6.22. The minimum atomic E-state index is -0.227. The predicted octanol–water partition coefficient (Wildman–Crippen LogP) is 5.43. The summed E-state index contributed by atoms with van der Waals surface area (Å²) in [6.45, 7) is 10.7. The first-order valence-electron chi connectivity index (χ1n) is 11.5. The summed E-state index contributed by atoms with van der Waals surface area (Å²) in [5.41, 5.74) is 1.09. The molecule has 0 saturated carbocycles. The van der Waals surface area contributed by atoms with Crippen LogP contribution in [0.5, 0.6) is 5.75 Å². The van der Waals surface area contributed by atoms with Crippen LogP contribution in [0.4, 0.5) is 0 Å². The maximum absolute atomic E-state index is 6.10. The molecule has 28 heavy (non-hydrogen) atoms. The van der Waals surface area contributed by atoms with Gasteiger partial charge < -0.3 is 19.1 Å². The highest BCUT2D eigenvalue weighted by molar-refractivity contribution is 5.28. The second-order valence-electron chi connectivity index (χ2n) is 8.42. The fraction of sp³-hybridized carbons (Fsp3) is 0.750. The second-order valence-corrected chi connectivity index (χ2v) is 8.42. The Kier molecular flexibility index (Phi) is 9.10. The molecular formula is C24H39NO3. The van der Waals surface area contributed by atoms with E-state index in [9.17, 15) is 0 Å². The van der Waals surface area contributed by atoms with Crippen molar-refractivity contribution in [3.8, 4) is 5.75 Å². The standard InChI is InChI=1S/C24H39NO3/c1-3-5-7-17-26-23-10-8-21(9-11-23)24-27-18-22(19-28-24)20-12-15-25(16-13-20)14-6-4-2/h8-11,20,22,24H,3-7,12-19H2,1-2H3. The van der Waals surface area contributed by atoms with E-state index in [2.05, 4.69) is 30.9 Å². The van der Waals surface area contributed by atoms with Gasteiger partial charge in [-0.1, -0.05) is 45.2 Å². The third-order valence-electron chi connectivity index (χ3n) is 6.22. The van der Waals surface area contributed by atoms with Gasteiger partial charge >= 0.3 is 0 Å². The SMILES string of the molecule is CCCCCOc1ccc(C2OCC(C3CCN(CCCC)CC3)CO2)cc1. The first-order valence-corrected chi connectivity index (χ1v) is 11.5. The minimum absolute atomic E-state index is 0.227. The topological polar surface area (TPSA) is 30.9 Å². The van der Waals surface area contributed by atoms with Crippen LogP contribution in [0, 0.1) is 11.8 Å². The van der Waals surface area contributed by atoms with Crippen molar-refractivity contribution in [2.75, 3.05) is 39.5 Å². The zero-order valence-corrected chi connectivity index (χ0v) is 17.9. The number of benzene rings is 1. The summed E-state index contributed by atoms with van der Waals surface area (Å²) in [5.74, 6) is 2.23. The molecule has 0 amide bonds. The van der Waals surface area contributed by atoms with Gasteiger partial charge in [0.2, 0.25) is 0 Å². The Morgan fingerprint density at radius 2 is 1.57 bits per heavy atom. The average molecular weight is 390 g/mol. The summed E-state index contributed by atoms with van der Waals surface area (Å²) in [4.78, 5) is 2.62. The lowest BCUT2D eigenvalue weighted by Crippen LogP contribution is -2.40. The Morgan fingerprint density at radius 3 is 2.21 bits per heavy atom. The Hall–Kier alpha value is -1.10. The van der Waals surface area contributed by atoms with E-state index in [1.54, 1.807) is 0 Å². The molecule has 2 saturated heterocycles. The normalized spacial score (nSPS) is 24.4. The Bertz CT molecular complexity index is 531. The molecule has 1 aromatic rings. The molecule has 4 heteroatoms. The minimum Gasteiger partial charge on any atom is -0.494 e. The number of piperidine rings is 1. The summed E-state index contributed by atoms with van der Waals surface area (Å²) in [6.07, 6.45) is 8.52. The van der Waals surface area contributed by atoms with Crippen molar-refractivity contribution < 1.29 is 14.2 Å². The summed E-state index contributed by atoms with van der Waals surface area (Å²) >= 11 is 0. The molecule has 0 atom stereocenters. The molecule has 0 radical (unpaired) electrons. The van der Waals surface area contributed by atoms with Crippen LogP contribution >= 0.6 is 0 Å². The fourth-order valence-electron chi connectivity index (χ4n) is 4.28. The lowest BCUT2D eigenvalue weighted by Gasteiger charge is -2.39. The molecule has 3 rings (SSSR count). The Labute approximate surface area is 171 Å². The molecule has 2 aliphatic heterocycles. The van der Waals surface area contributed by atoms with Gasteiger partial charge in [-0.25, -0.2) is 0 Å². The number of unbranched alkanes of at least 4 members (excludes halogenated alkanes) is 3. The number of nitrogens with zero attached hydrogens (tertiary/aromatic N) is 1. The van der Waals surface area contributed by atoms with Crippen molar-refractivity contribution in [1.82, 2.24) is 4.90 Å². The molecule has 1 aromatic carbocycles. The van der Waals surface area contributed by atoms with Gasteiger partial charge in [0, 0.05) is 11.5 Å². The van der Waals surface area contributed by atoms with E-state index in [0.717, 1.165) is 43.5 Å². The first kappa shape index (κ1) is 21.6. The number of hydrogen-bond acceptors (Lipinski definition) is 4. The van der Waals surface area contributed by atoms with Crippen LogP contribution < -0.4 is 4.74 Å². The van der Waals surface area contributed by atoms with Gasteiger partial charge in [0.1, 0.15) is 5.75 Å². The molecular weight excluding hydrogens is 350 g/mol. The zero-order valence-electron chi connectivity index (χ0n) is 17.9. The van der Waals surface area contributed by atoms with E-state index in [1.165, 1.54) is 58.2 Å². The van der Waals surface area contributed by atoms with E-state index in [4.69, 9.17) is 14.2 Å². The summed E-state index contributed by atoms with van der Waals surface area (Å²) in [7, 11) is 0. The zero-order chi connectivity index (χ0) is 19.6. The van der Waals surface area contributed by atoms with Crippen molar-refractivity contribution >= 4 is 0 Å². The smallest absolute Gasteiger partial charge is 0.183 e. The van der Waals surface area contributed by atoms with Gasteiger partial charge in [-0.05, 0) is 63.4 Å². The molecule has 0 aromatic heterocycles. The van der Waals surface area contributed by atoms with Crippen LogP contribution in [0.3, 0.4) is 0 Å². The monoisotopic (exact) mass is 389 g/mol. The first-order chi connectivity index (χ1) is 13.8. The molecule has 2 aliphatic rings. The summed E-state index contributed by atoms with van der Waals surface area (Å²) in [5, 5.41) is 0. The molecule has 2 fully saturated rings. The fourth-order valence-corrected chi connectivity index (χ4v) is 4.28. The molecule has 0 aliphatic carbocycles. The summed E-state index contributed by atoms with van der Waals surface area (Å²) in [6, 6.07) is 8.22. The van der Waals surface area contributed by atoms with Crippen LogP contribution in [0.2, 0.25) is 0 Å². The molecule has 2 heterocycles. The van der Waals surface area contributed by atoms with Crippen molar-refractivity contribution in [3.05, 3.63) is 29.8 Å². The highest BCUT2D eigenvalue weighted by atomic mass is 16.7. The Balaban J connectivity index is 1.38. The van der Waals surface area contributed by atoms with Crippen molar-refractivity contribution in [1.29, 1.82) is 0 Å². The van der Waals surface area contributed by atoms with E-state index >= 15 is 0 Å². The molecule has 0 N–H and O–H groups in total. The van der Waals surface area contributed by atoms with Gasteiger partial charge in [0.15, 0.2) is 6.29 Å². The van der Waals surface area contributed by atoms with E-state index in [0.29, 0.717) is 5.92 Å². The van der Waals surface area contributed by atoms with Crippen molar-refractivity contribution in [2.45, 2.75) is 65.1 Å². The summed E-state index contributed by atoms with van der Waals surface area (Å²) < 4.78 is 18.0. The van der Waals surface area contributed by atoms with E-state index in [1.807, 2.05) is 12.1 Å². The third kappa shape index (κ3) is 6.47. The van der Waals surface area contributed by atoms with Gasteiger partial charge in [0.25, 0.3) is 0 Å². The molecule has 0 bridgehead atoms. The molecule has 0 spiro atoms. The van der Waals surface area contributed by atoms with Gasteiger partial charge in [-0.3, -0.25) is 0 Å². The van der Waals surface area contributed by atoms with Crippen LogP contribution in [0.1, 0.15) is 70.6 Å². The molecule has 0 unspecified atom stereocenters. The van der Waals surface area contributed by atoms with Crippen LogP contribution in [0.25, 0.3) is 0 Å². The number of hydrogen-bond donors (Lipinski definition) is 0. The van der Waals surface area contributed by atoms with E-state index < -0.39 is 0 Å². The number of ether oxygens (including phenoxy) is 3. The predicted molar refractivity (Wildman–Crippen MR) is 114 cm³/mol. The quantitative estimate of drug-likeness (QED) is 0.499. The molecule has 158 valence electrons. The lowest BCUT2D eigenvalue weighted by atomic mass is 9.84. The lowest BCUT2D eigenvalue weighted by molar-refractivity contribution is -0.215. The maximum Gasteiger partial charge on any atom is 0.183 e. The highest BCUT2D eigenvalue weighted by Crippen LogP contribution is 2.33. The van der Waals surface area contributed by atoms with Gasteiger partial charge in [-0.15, -0.1) is 0 Å². The largest absolute Gasteiger partial charge is 0.494 e. The Morgan fingerprint density at radius 1 is 0.893 bits per heavy atom. The van der Waals surface area contributed by atoms with Crippen molar-refractivity contribution in [3.63, 3.8) is 0 Å². The number of likely N-dealkylation sites (tertiary alicyclic amines) is 1. The van der Waals surface area contributed by atoms with Gasteiger partial charge in [0.05, 0.1) is 19.8 Å². The average Bonchev–Trinajstić information content (AvgIpc) is 2.76. The second kappa shape index (κ2) is 11.8. The van der Waals surface area contributed by atoms with Crippen LogP contribution in [-0.2, 0) is 9.47 Å². The van der Waals surface area contributed by atoms with E-state index in [-0.39, 0.29) is 6.29 Å².